The molecule has 0 N–H and O–H groups in total. The number of carbonyl (C=O) groups excluding carboxylic acids is 1. The lowest BCUT2D eigenvalue weighted by Gasteiger charge is -2.07. The van der Waals surface area contributed by atoms with E-state index in [0.717, 1.165) is 18.4 Å². The predicted molar refractivity (Wildman–Crippen MR) is 110 cm³/mol. The van der Waals surface area contributed by atoms with Crippen LogP contribution in [0.4, 0.5) is 0 Å². The van der Waals surface area contributed by atoms with Gasteiger partial charge in [-0.15, -0.1) is 10.2 Å². The molecule has 3 aromatic rings. The van der Waals surface area contributed by atoms with Gasteiger partial charge in [0.25, 0.3) is 0 Å². The van der Waals surface area contributed by atoms with Crippen LogP contribution in [0.25, 0.3) is 0 Å². The van der Waals surface area contributed by atoms with E-state index in [2.05, 4.69) is 16.3 Å². The second kappa shape index (κ2) is 8.37. The summed E-state index contributed by atoms with van der Waals surface area (Å²) >= 11 is 7.27. The molecule has 0 saturated carbocycles. The quantitative estimate of drug-likeness (QED) is 0.421. The minimum Gasteiger partial charge on any atom is -0.486 e. The molecule has 1 aromatic heterocycles. The van der Waals surface area contributed by atoms with Crippen molar-refractivity contribution in [1.82, 2.24) is 14.8 Å². The van der Waals surface area contributed by atoms with Gasteiger partial charge in [-0.25, -0.2) is 0 Å². The van der Waals surface area contributed by atoms with Crippen LogP contribution in [0.5, 0.6) is 5.75 Å². The van der Waals surface area contributed by atoms with Crippen molar-refractivity contribution in [3.8, 4) is 5.75 Å². The van der Waals surface area contributed by atoms with Crippen molar-refractivity contribution in [3.05, 3.63) is 70.0 Å². The van der Waals surface area contributed by atoms with Crippen molar-refractivity contribution in [1.29, 1.82) is 0 Å². The monoisotopic (exact) mass is 413 g/mol. The molecule has 0 unspecified atom stereocenters. The number of halogens is 1. The summed E-state index contributed by atoms with van der Waals surface area (Å²) in [6.07, 6.45) is 3.38. The molecule has 0 bridgehead atoms. The SMILES string of the molecule is Cn1c(COc2ccc(Cl)cc2)nnc1SCC(=O)c1ccc2c(c1)CCC2. The van der Waals surface area contributed by atoms with Crippen molar-refractivity contribution in [2.75, 3.05) is 5.75 Å². The van der Waals surface area contributed by atoms with Gasteiger partial charge in [0.05, 0.1) is 5.75 Å². The number of rotatable bonds is 7. The Bertz CT molecular complexity index is 1000. The summed E-state index contributed by atoms with van der Waals surface area (Å²) in [6, 6.07) is 13.3. The summed E-state index contributed by atoms with van der Waals surface area (Å²) in [5, 5.41) is 9.73. The number of aryl methyl sites for hydroxylation is 2. The van der Waals surface area contributed by atoms with E-state index < -0.39 is 0 Å². The van der Waals surface area contributed by atoms with Crippen LogP contribution in [0, 0.1) is 0 Å². The summed E-state index contributed by atoms with van der Waals surface area (Å²) < 4.78 is 7.58. The maximum absolute atomic E-state index is 12.6. The van der Waals surface area contributed by atoms with Crippen LogP contribution in [-0.2, 0) is 26.5 Å². The highest BCUT2D eigenvalue weighted by molar-refractivity contribution is 7.99. The maximum Gasteiger partial charge on any atom is 0.191 e. The van der Waals surface area contributed by atoms with E-state index in [1.165, 1.54) is 29.3 Å². The first-order chi connectivity index (χ1) is 13.6. The lowest BCUT2D eigenvalue weighted by molar-refractivity contribution is 0.102. The first kappa shape index (κ1) is 19.0. The molecule has 0 amide bonds. The van der Waals surface area contributed by atoms with Gasteiger partial charge in [-0.3, -0.25) is 4.79 Å². The number of nitrogens with zero attached hydrogens (tertiary/aromatic N) is 3. The minimum absolute atomic E-state index is 0.113. The molecule has 28 heavy (non-hydrogen) atoms. The van der Waals surface area contributed by atoms with E-state index in [1.807, 2.05) is 35.9 Å². The van der Waals surface area contributed by atoms with Crippen LogP contribution in [0.2, 0.25) is 5.02 Å². The van der Waals surface area contributed by atoms with E-state index in [9.17, 15) is 4.79 Å². The fourth-order valence-electron chi connectivity index (χ4n) is 3.23. The Labute approximate surface area is 173 Å². The largest absolute Gasteiger partial charge is 0.486 e. The molecule has 0 radical (unpaired) electrons. The van der Waals surface area contributed by atoms with E-state index in [0.29, 0.717) is 34.1 Å². The van der Waals surface area contributed by atoms with Gasteiger partial charge >= 0.3 is 0 Å². The molecule has 1 aliphatic rings. The molecule has 1 aliphatic carbocycles. The van der Waals surface area contributed by atoms with Crippen molar-refractivity contribution in [2.45, 2.75) is 31.0 Å². The van der Waals surface area contributed by atoms with Gasteiger partial charge in [0.1, 0.15) is 12.4 Å². The summed E-state index contributed by atoms with van der Waals surface area (Å²) in [6.45, 7) is 0.296. The molecule has 144 valence electrons. The van der Waals surface area contributed by atoms with E-state index >= 15 is 0 Å². The van der Waals surface area contributed by atoms with Crippen LogP contribution in [0.3, 0.4) is 0 Å². The molecule has 0 spiro atoms. The molecule has 2 aromatic carbocycles. The second-order valence-electron chi connectivity index (χ2n) is 6.75. The fraction of sp³-hybridized carbons (Fsp3) is 0.286. The molecule has 1 heterocycles. The molecule has 0 saturated heterocycles. The number of fused-ring (bicyclic) bond motifs is 1. The predicted octanol–water partition coefficient (Wildman–Crippen LogP) is 4.51. The summed E-state index contributed by atoms with van der Waals surface area (Å²) in [4.78, 5) is 12.6. The Hall–Kier alpha value is -2.31. The van der Waals surface area contributed by atoms with Gasteiger partial charge in [0.2, 0.25) is 0 Å². The van der Waals surface area contributed by atoms with E-state index in [-0.39, 0.29) is 5.78 Å². The number of Topliss-reactive ketones (excluding diaryl/α,β-unsaturated/α-hetero) is 1. The highest BCUT2D eigenvalue weighted by Gasteiger charge is 2.16. The van der Waals surface area contributed by atoms with Crippen LogP contribution < -0.4 is 4.74 Å². The molecule has 7 heteroatoms. The normalized spacial score (nSPS) is 12.8. The first-order valence-electron chi connectivity index (χ1n) is 9.14. The lowest BCUT2D eigenvalue weighted by Crippen LogP contribution is -2.06. The third-order valence-corrected chi connectivity index (χ3v) is 6.13. The Balaban J connectivity index is 1.35. The Kier molecular flexibility index (Phi) is 5.69. The maximum atomic E-state index is 12.6. The zero-order valence-corrected chi connectivity index (χ0v) is 17.1. The second-order valence-corrected chi connectivity index (χ2v) is 8.13. The Morgan fingerprint density at radius 1 is 1.14 bits per heavy atom. The van der Waals surface area contributed by atoms with Crippen LogP contribution in [-0.4, -0.2) is 26.3 Å². The van der Waals surface area contributed by atoms with Crippen molar-refractivity contribution in [3.63, 3.8) is 0 Å². The Morgan fingerprint density at radius 3 is 2.75 bits per heavy atom. The average molecular weight is 414 g/mol. The van der Waals surface area contributed by atoms with Gasteiger partial charge in [-0.2, -0.15) is 0 Å². The van der Waals surface area contributed by atoms with Crippen molar-refractivity contribution in [2.24, 2.45) is 7.05 Å². The third-order valence-electron chi connectivity index (χ3n) is 4.86. The molecular formula is C21H20ClN3O2S. The number of benzene rings is 2. The zero-order chi connectivity index (χ0) is 19.5. The third kappa shape index (κ3) is 4.23. The summed E-state index contributed by atoms with van der Waals surface area (Å²) in [5.41, 5.74) is 3.47. The Morgan fingerprint density at radius 2 is 1.93 bits per heavy atom. The van der Waals surface area contributed by atoms with Crippen LogP contribution in [0.15, 0.2) is 47.6 Å². The van der Waals surface area contributed by atoms with Gasteiger partial charge in [-0.1, -0.05) is 35.5 Å². The van der Waals surface area contributed by atoms with Gasteiger partial charge in [-0.05, 0) is 60.7 Å². The molecule has 5 nitrogen and oxygen atoms in total. The molecule has 0 fully saturated rings. The van der Waals surface area contributed by atoms with Crippen LogP contribution in [0.1, 0.15) is 33.7 Å². The average Bonchev–Trinajstić information content (AvgIpc) is 3.31. The fourth-order valence-corrected chi connectivity index (χ4v) is 4.18. The number of thioether (sulfide) groups is 1. The number of aromatic nitrogens is 3. The highest BCUT2D eigenvalue weighted by Crippen LogP contribution is 2.24. The molecule has 0 aliphatic heterocycles. The van der Waals surface area contributed by atoms with E-state index in [4.69, 9.17) is 16.3 Å². The number of carbonyl (C=O) groups is 1. The van der Waals surface area contributed by atoms with Crippen molar-refractivity contribution >= 4 is 29.1 Å². The number of hydrogen-bond donors (Lipinski definition) is 0. The number of ether oxygens (including phenoxy) is 1. The van der Waals surface area contributed by atoms with Gasteiger partial charge < -0.3 is 9.30 Å². The number of ketones is 1. The molecule has 4 rings (SSSR count). The molecule has 0 atom stereocenters. The smallest absolute Gasteiger partial charge is 0.191 e. The van der Waals surface area contributed by atoms with Gasteiger partial charge in [0.15, 0.2) is 16.8 Å². The number of hydrogen-bond acceptors (Lipinski definition) is 5. The summed E-state index contributed by atoms with van der Waals surface area (Å²) in [7, 11) is 1.88. The topological polar surface area (TPSA) is 57.0 Å². The standard InChI is InChI=1S/C21H20ClN3O2S/c1-25-20(12-27-18-9-7-17(22)8-10-18)23-24-21(25)28-13-19(26)16-6-5-14-3-2-4-15(14)11-16/h5-11H,2-4,12-13H2,1H3. The van der Waals surface area contributed by atoms with Crippen molar-refractivity contribution < 1.29 is 9.53 Å². The highest BCUT2D eigenvalue weighted by atomic mass is 35.5. The summed E-state index contributed by atoms with van der Waals surface area (Å²) in [5.74, 6) is 1.86. The lowest BCUT2D eigenvalue weighted by atomic mass is 10.0. The molecular weight excluding hydrogens is 394 g/mol. The minimum atomic E-state index is 0.113. The zero-order valence-electron chi connectivity index (χ0n) is 15.5. The van der Waals surface area contributed by atoms with Crippen LogP contribution >= 0.6 is 23.4 Å². The van der Waals surface area contributed by atoms with Gasteiger partial charge in [0, 0.05) is 17.6 Å². The van der Waals surface area contributed by atoms with E-state index in [1.54, 1.807) is 12.1 Å². The first-order valence-corrected chi connectivity index (χ1v) is 10.5.